The zero-order valence-corrected chi connectivity index (χ0v) is 12.1. The van der Waals surface area contributed by atoms with Crippen LogP contribution in [-0.2, 0) is 0 Å². The van der Waals surface area contributed by atoms with Crippen molar-refractivity contribution in [2.24, 2.45) is 23.7 Å². The number of benzene rings is 1. The van der Waals surface area contributed by atoms with Crippen molar-refractivity contribution in [3.8, 4) is 5.75 Å². The van der Waals surface area contributed by atoms with Crippen LogP contribution in [0.15, 0.2) is 18.2 Å². The Morgan fingerprint density at radius 2 is 1.70 bits per heavy atom. The molecule has 0 unspecified atom stereocenters. The van der Waals surface area contributed by atoms with Gasteiger partial charge in [0.15, 0.2) is 0 Å². The van der Waals surface area contributed by atoms with Crippen LogP contribution in [0.1, 0.15) is 32.1 Å². The van der Waals surface area contributed by atoms with Gasteiger partial charge in [0.2, 0.25) is 0 Å². The molecule has 20 heavy (non-hydrogen) atoms. The van der Waals surface area contributed by atoms with Gasteiger partial charge in [-0.05, 0) is 67.9 Å². The lowest BCUT2D eigenvalue weighted by molar-refractivity contribution is 0.00756. The lowest BCUT2D eigenvalue weighted by atomic mass is 9.54. The Balaban J connectivity index is 1.54. The summed E-state index contributed by atoms with van der Waals surface area (Å²) in [5.41, 5.74) is 8.05. The monoisotopic (exact) mass is 272 g/mol. The van der Waals surface area contributed by atoms with Gasteiger partial charge in [-0.25, -0.2) is 0 Å². The molecule has 0 radical (unpaired) electrons. The Labute approximate surface area is 120 Å². The Morgan fingerprint density at radius 3 is 2.25 bits per heavy atom. The molecule has 0 saturated heterocycles. The van der Waals surface area contributed by atoms with E-state index in [1.807, 2.05) is 12.1 Å². The summed E-state index contributed by atoms with van der Waals surface area (Å²) in [6.07, 6.45) is 7.23. The third kappa shape index (κ3) is 1.95. The Kier molecular flexibility index (Phi) is 2.83. The first-order chi connectivity index (χ1) is 9.72. The fourth-order valence-corrected chi connectivity index (χ4v) is 5.14. The normalized spacial score (nSPS) is 38.0. The molecular formula is C17H24N2O. The minimum absolute atomic E-state index is 0.637. The van der Waals surface area contributed by atoms with Crippen molar-refractivity contribution in [2.75, 3.05) is 18.2 Å². The molecule has 0 spiro atoms. The van der Waals surface area contributed by atoms with Gasteiger partial charge in [0.25, 0.3) is 0 Å². The predicted molar refractivity (Wildman–Crippen MR) is 81.9 cm³/mol. The molecule has 4 bridgehead atoms. The zero-order chi connectivity index (χ0) is 13.7. The zero-order valence-electron chi connectivity index (χ0n) is 12.1. The fraction of sp³-hybridized carbons (Fsp3) is 0.647. The number of hydrogen-bond donors (Lipinski definition) is 2. The molecule has 3 N–H and O–H groups in total. The molecular weight excluding hydrogens is 248 g/mol. The van der Waals surface area contributed by atoms with Crippen molar-refractivity contribution in [1.82, 2.24) is 0 Å². The van der Waals surface area contributed by atoms with E-state index in [9.17, 15) is 0 Å². The number of nitrogen functional groups attached to an aromatic ring is 1. The first-order valence-corrected chi connectivity index (χ1v) is 7.93. The summed E-state index contributed by atoms with van der Waals surface area (Å²) in [7, 11) is 1.68. The molecule has 0 aliphatic heterocycles. The number of hydrogen-bond acceptors (Lipinski definition) is 3. The van der Waals surface area contributed by atoms with E-state index in [1.165, 1.54) is 32.1 Å². The molecule has 108 valence electrons. The van der Waals surface area contributed by atoms with Crippen LogP contribution in [0.5, 0.6) is 5.75 Å². The second kappa shape index (κ2) is 4.57. The third-order valence-electron chi connectivity index (χ3n) is 5.81. The van der Waals surface area contributed by atoms with Crippen LogP contribution in [-0.4, -0.2) is 13.2 Å². The van der Waals surface area contributed by atoms with E-state index >= 15 is 0 Å². The summed E-state index contributed by atoms with van der Waals surface area (Å²) in [4.78, 5) is 0. The molecule has 1 aromatic carbocycles. The molecule has 4 aliphatic carbocycles. The molecule has 4 fully saturated rings. The van der Waals surface area contributed by atoms with Crippen molar-refractivity contribution in [3.05, 3.63) is 18.2 Å². The van der Waals surface area contributed by atoms with Gasteiger partial charge in [-0.2, -0.15) is 0 Å². The highest BCUT2D eigenvalue weighted by Gasteiger charge is 2.48. The number of rotatable bonds is 3. The average molecular weight is 272 g/mol. The van der Waals surface area contributed by atoms with Gasteiger partial charge in [-0.15, -0.1) is 0 Å². The van der Waals surface area contributed by atoms with E-state index in [2.05, 4.69) is 11.4 Å². The van der Waals surface area contributed by atoms with Crippen LogP contribution >= 0.6 is 0 Å². The topological polar surface area (TPSA) is 47.3 Å². The van der Waals surface area contributed by atoms with Gasteiger partial charge < -0.3 is 15.8 Å². The van der Waals surface area contributed by atoms with Crippen LogP contribution in [0.2, 0.25) is 0 Å². The van der Waals surface area contributed by atoms with Gasteiger partial charge in [0.1, 0.15) is 5.75 Å². The van der Waals surface area contributed by atoms with Crippen molar-refractivity contribution >= 4 is 11.4 Å². The van der Waals surface area contributed by atoms with Crippen LogP contribution in [0.3, 0.4) is 0 Å². The summed E-state index contributed by atoms with van der Waals surface area (Å²) in [5, 5.41) is 3.76. The first kappa shape index (κ1) is 12.4. The predicted octanol–water partition coefficient (Wildman–Crippen LogP) is 3.51. The van der Waals surface area contributed by atoms with Crippen molar-refractivity contribution in [2.45, 2.75) is 38.1 Å². The number of nitrogens with two attached hydrogens (primary N) is 1. The highest BCUT2D eigenvalue weighted by Crippen LogP contribution is 2.54. The smallest absolute Gasteiger partial charge is 0.121 e. The van der Waals surface area contributed by atoms with Crippen LogP contribution < -0.4 is 15.8 Å². The standard InChI is InChI=1S/C17H24N2O/c1-20-14-2-3-16(15(18)9-14)19-17-12-5-10-4-11(7-12)8-13(17)6-10/h2-3,9-13,17,19H,4-8,18H2,1H3. The van der Waals surface area contributed by atoms with Gasteiger partial charge in [-0.1, -0.05) is 0 Å². The SMILES string of the molecule is COc1ccc(NC2C3CC4CC(C3)CC2C4)c(N)c1. The molecule has 1 aromatic rings. The largest absolute Gasteiger partial charge is 0.497 e. The second-order valence-corrected chi connectivity index (χ2v) is 7.05. The second-order valence-electron chi connectivity index (χ2n) is 7.05. The summed E-state index contributed by atoms with van der Waals surface area (Å²) in [5.74, 6) is 4.60. The molecule has 4 saturated carbocycles. The van der Waals surface area contributed by atoms with Crippen molar-refractivity contribution in [1.29, 1.82) is 0 Å². The molecule has 4 aliphatic rings. The van der Waals surface area contributed by atoms with Crippen LogP contribution in [0.4, 0.5) is 11.4 Å². The van der Waals surface area contributed by atoms with Gasteiger partial charge >= 0.3 is 0 Å². The van der Waals surface area contributed by atoms with E-state index in [4.69, 9.17) is 10.5 Å². The molecule has 0 amide bonds. The summed E-state index contributed by atoms with van der Waals surface area (Å²) in [6, 6.07) is 6.62. The van der Waals surface area contributed by atoms with Crippen molar-refractivity contribution in [3.63, 3.8) is 0 Å². The quantitative estimate of drug-likeness (QED) is 0.828. The molecule has 3 nitrogen and oxygen atoms in total. The third-order valence-corrected chi connectivity index (χ3v) is 5.81. The number of ether oxygens (including phenoxy) is 1. The highest BCUT2D eigenvalue weighted by atomic mass is 16.5. The fourth-order valence-electron chi connectivity index (χ4n) is 5.14. The van der Waals surface area contributed by atoms with E-state index in [0.29, 0.717) is 6.04 Å². The first-order valence-electron chi connectivity index (χ1n) is 7.93. The molecule has 0 atom stereocenters. The lowest BCUT2D eigenvalue weighted by Crippen LogP contribution is -2.51. The molecule has 0 heterocycles. The molecule has 3 heteroatoms. The Hall–Kier alpha value is -1.38. The Bertz CT molecular complexity index is 486. The molecule has 0 aromatic heterocycles. The van der Waals surface area contributed by atoms with E-state index in [-0.39, 0.29) is 0 Å². The van der Waals surface area contributed by atoms with Gasteiger partial charge in [0, 0.05) is 12.1 Å². The number of methoxy groups -OCH3 is 1. The van der Waals surface area contributed by atoms with Crippen LogP contribution in [0, 0.1) is 23.7 Å². The lowest BCUT2D eigenvalue weighted by Gasteiger charge is -2.54. The maximum absolute atomic E-state index is 6.16. The van der Waals surface area contributed by atoms with Gasteiger partial charge in [0.05, 0.1) is 18.5 Å². The van der Waals surface area contributed by atoms with Gasteiger partial charge in [-0.3, -0.25) is 0 Å². The maximum Gasteiger partial charge on any atom is 0.121 e. The Morgan fingerprint density at radius 1 is 1.05 bits per heavy atom. The minimum Gasteiger partial charge on any atom is -0.497 e. The summed E-state index contributed by atoms with van der Waals surface area (Å²) < 4.78 is 5.23. The number of anilines is 2. The number of nitrogens with one attached hydrogen (secondary N) is 1. The van der Waals surface area contributed by atoms with E-state index in [1.54, 1.807) is 7.11 Å². The minimum atomic E-state index is 0.637. The van der Waals surface area contributed by atoms with E-state index in [0.717, 1.165) is 40.8 Å². The maximum atomic E-state index is 6.16. The van der Waals surface area contributed by atoms with E-state index < -0.39 is 0 Å². The molecule has 5 rings (SSSR count). The van der Waals surface area contributed by atoms with Crippen LogP contribution in [0.25, 0.3) is 0 Å². The summed E-state index contributed by atoms with van der Waals surface area (Å²) in [6.45, 7) is 0. The highest BCUT2D eigenvalue weighted by molar-refractivity contribution is 5.68. The summed E-state index contributed by atoms with van der Waals surface area (Å²) >= 11 is 0. The van der Waals surface area contributed by atoms with Crippen molar-refractivity contribution < 1.29 is 4.74 Å². The average Bonchev–Trinajstić information content (AvgIpc) is 2.43.